The van der Waals surface area contributed by atoms with E-state index in [2.05, 4.69) is 21.2 Å². The number of amides is 2. The van der Waals surface area contributed by atoms with Crippen molar-refractivity contribution < 1.29 is 22.7 Å². The normalized spacial score (nSPS) is 24.7. The number of sulfone groups is 1. The van der Waals surface area contributed by atoms with Gasteiger partial charge in [0, 0.05) is 10.2 Å². The summed E-state index contributed by atoms with van der Waals surface area (Å²) >= 11 is 3.37. The fraction of sp³-hybridized carbons (Fsp3) is 0.444. The molecule has 9 heteroatoms. The number of hydrogen-bond acceptors (Lipinski definition) is 5. The van der Waals surface area contributed by atoms with Gasteiger partial charge in [-0.15, -0.1) is 0 Å². The molecule has 0 aliphatic carbocycles. The number of nitrogens with zero attached hydrogens (tertiary/aromatic N) is 1. The molecular weight excluding hydrogens is 436 g/mol. The van der Waals surface area contributed by atoms with Crippen LogP contribution in [0.25, 0.3) is 0 Å². The van der Waals surface area contributed by atoms with Gasteiger partial charge in [0.25, 0.3) is 0 Å². The fourth-order valence-corrected chi connectivity index (χ4v) is 5.52. The van der Waals surface area contributed by atoms with Gasteiger partial charge in [0.15, 0.2) is 9.84 Å². The second-order valence-corrected chi connectivity index (χ2v) is 9.72. The number of allylic oxidation sites excluding steroid dienone is 1. The number of halogens is 1. The molecule has 7 nitrogen and oxygen atoms in total. The van der Waals surface area contributed by atoms with Gasteiger partial charge >= 0.3 is 12.0 Å². The molecule has 0 radical (unpaired) electrons. The summed E-state index contributed by atoms with van der Waals surface area (Å²) in [6, 6.07) is 5.75. The molecule has 27 heavy (non-hydrogen) atoms. The van der Waals surface area contributed by atoms with Crippen LogP contribution in [0.5, 0.6) is 0 Å². The Morgan fingerprint density at radius 2 is 2.00 bits per heavy atom. The molecule has 2 atom stereocenters. The van der Waals surface area contributed by atoms with E-state index in [9.17, 15) is 18.0 Å². The Morgan fingerprint density at radius 1 is 1.33 bits per heavy atom. The summed E-state index contributed by atoms with van der Waals surface area (Å²) in [7, 11) is -3.18. The van der Waals surface area contributed by atoms with E-state index in [1.807, 2.05) is 24.3 Å². The predicted molar refractivity (Wildman–Crippen MR) is 104 cm³/mol. The minimum absolute atomic E-state index is 0.0413. The fourth-order valence-electron chi connectivity index (χ4n) is 3.55. The van der Waals surface area contributed by atoms with Gasteiger partial charge in [-0.1, -0.05) is 28.1 Å². The van der Waals surface area contributed by atoms with Gasteiger partial charge in [-0.25, -0.2) is 18.0 Å². The third kappa shape index (κ3) is 4.03. The number of carbonyl (C=O) groups excluding carboxylic acids is 2. The molecule has 1 aromatic carbocycles. The van der Waals surface area contributed by atoms with Crippen molar-refractivity contribution in [3.05, 3.63) is 45.6 Å². The summed E-state index contributed by atoms with van der Waals surface area (Å²) < 4.78 is 29.8. The lowest BCUT2D eigenvalue weighted by molar-refractivity contribution is -0.139. The first-order valence-corrected chi connectivity index (χ1v) is 11.3. The van der Waals surface area contributed by atoms with E-state index in [0.717, 1.165) is 10.0 Å². The molecule has 1 saturated heterocycles. The van der Waals surface area contributed by atoms with Crippen LogP contribution in [0.3, 0.4) is 0 Å². The first kappa shape index (κ1) is 19.9. The van der Waals surface area contributed by atoms with Crippen LogP contribution >= 0.6 is 15.9 Å². The zero-order chi connectivity index (χ0) is 19.8. The van der Waals surface area contributed by atoms with E-state index in [1.54, 1.807) is 13.8 Å². The number of carbonyl (C=O) groups is 2. The van der Waals surface area contributed by atoms with E-state index in [1.165, 1.54) is 4.90 Å². The number of ether oxygens (including phenoxy) is 1. The van der Waals surface area contributed by atoms with E-state index < -0.39 is 33.9 Å². The second kappa shape index (κ2) is 7.63. The van der Waals surface area contributed by atoms with Gasteiger partial charge in [-0.2, -0.15) is 0 Å². The standard InChI is InChI=1S/C18H21BrN2O5S/c1-3-26-17(22)15-11(2)21(14-8-9-27(24,25)10-14)18(23)20-16(15)12-4-6-13(19)7-5-12/h4-7,14,16H,3,8-10H2,1-2H3,(H,20,23)/t14-,16+/m0/s1. The summed E-state index contributed by atoms with van der Waals surface area (Å²) in [5.74, 6) is -0.579. The zero-order valence-corrected chi connectivity index (χ0v) is 17.5. The monoisotopic (exact) mass is 456 g/mol. The Labute approximate surface area is 166 Å². The topological polar surface area (TPSA) is 92.8 Å². The van der Waals surface area contributed by atoms with Crippen molar-refractivity contribution in [3.8, 4) is 0 Å². The molecule has 0 saturated carbocycles. The van der Waals surface area contributed by atoms with Gasteiger partial charge in [-0.05, 0) is 38.0 Å². The minimum atomic E-state index is -3.18. The van der Waals surface area contributed by atoms with Crippen LogP contribution in [0.2, 0.25) is 0 Å². The molecule has 1 aromatic rings. The SMILES string of the molecule is CCOC(=O)C1=C(C)N([C@H]2CCS(=O)(=O)C2)C(=O)N[C@@H]1c1ccc(Br)cc1. The van der Waals surface area contributed by atoms with Crippen LogP contribution in [0.15, 0.2) is 40.0 Å². The summed E-state index contributed by atoms with van der Waals surface area (Å²) in [6.45, 7) is 3.58. The quantitative estimate of drug-likeness (QED) is 0.702. The predicted octanol–water partition coefficient (Wildman–Crippen LogP) is 2.54. The lowest BCUT2D eigenvalue weighted by Crippen LogP contribution is -2.52. The first-order valence-electron chi connectivity index (χ1n) is 8.67. The third-order valence-electron chi connectivity index (χ3n) is 4.80. The molecule has 146 valence electrons. The Balaban J connectivity index is 2.05. The second-order valence-electron chi connectivity index (χ2n) is 6.58. The van der Waals surface area contributed by atoms with Gasteiger partial charge in [0.1, 0.15) is 0 Å². The molecule has 1 N–H and O–H groups in total. The summed E-state index contributed by atoms with van der Waals surface area (Å²) in [6.07, 6.45) is 0.353. The maximum atomic E-state index is 12.8. The molecule has 0 bridgehead atoms. The number of benzene rings is 1. The minimum Gasteiger partial charge on any atom is -0.463 e. The van der Waals surface area contributed by atoms with Crippen molar-refractivity contribution >= 4 is 37.8 Å². The third-order valence-corrected chi connectivity index (χ3v) is 7.08. The molecule has 2 aliphatic rings. The highest BCUT2D eigenvalue weighted by Crippen LogP contribution is 2.34. The lowest BCUT2D eigenvalue weighted by Gasteiger charge is -2.38. The molecule has 0 spiro atoms. The number of urea groups is 1. The molecule has 0 aromatic heterocycles. The van der Waals surface area contributed by atoms with E-state index in [-0.39, 0.29) is 18.1 Å². The Morgan fingerprint density at radius 3 is 2.56 bits per heavy atom. The average Bonchev–Trinajstić information content (AvgIpc) is 2.94. The highest BCUT2D eigenvalue weighted by atomic mass is 79.9. The number of nitrogens with one attached hydrogen (secondary N) is 1. The number of esters is 1. The Hall–Kier alpha value is -1.87. The first-order chi connectivity index (χ1) is 12.7. The molecule has 2 aliphatic heterocycles. The van der Waals surface area contributed by atoms with Crippen LogP contribution in [0.1, 0.15) is 31.9 Å². The number of hydrogen-bond donors (Lipinski definition) is 1. The summed E-state index contributed by atoms with van der Waals surface area (Å²) in [5, 5.41) is 2.84. The van der Waals surface area contributed by atoms with Gasteiger partial charge in [0.2, 0.25) is 0 Å². The maximum Gasteiger partial charge on any atom is 0.338 e. The molecular formula is C18H21BrN2O5S. The smallest absolute Gasteiger partial charge is 0.338 e. The van der Waals surface area contributed by atoms with Crippen LogP contribution in [0.4, 0.5) is 4.79 Å². The van der Waals surface area contributed by atoms with Crippen LogP contribution in [-0.2, 0) is 19.4 Å². The van der Waals surface area contributed by atoms with Crippen LogP contribution in [0, 0.1) is 0 Å². The van der Waals surface area contributed by atoms with Gasteiger partial charge < -0.3 is 10.1 Å². The Bertz CT molecular complexity index is 895. The van der Waals surface area contributed by atoms with E-state index in [0.29, 0.717) is 17.7 Å². The van der Waals surface area contributed by atoms with Crippen molar-refractivity contribution in [3.63, 3.8) is 0 Å². The summed E-state index contributed by atoms with van der Waals surface area (Å²) in [5.41, 5.74) is 1.50. The van der Waals surface area contributed by atoms with Gasteiger partial charge in [0.05, 0.1) is 35.8 Å². The van der Waals surface area contributed by atoms with Crippen molar-refractivity contribution in [1.82, 2.24) is 10.2 Å². The zero-order valence-electron chi connectivity index (χ0n) is 15.1. The summed E-state index contributed by atoms with van der Waals surface area (Å²) in [4.78, 5) is 26.9. The molecule has 2 amide bonds. The van der Waals surface area contributed by atoms with E-state index >= 15 is 0 Å². The molecule has 1 fully saturated rings. The Kier molecular flexibility index (Phi) is 5.62. The highest BCUT2D eigenvalue weighted by Gasteiger charge is 2.42. The van der Waals surface area contributed by atoms with E-state index in [4.69, 9.17) is 4.74 Å². The van der Waals surface area contributed by atoms with Crippen LogP contribution in [-0.4, -0.2) is 49.5 Å². The molecule has 2 heterocycles. The maximum absolute atomic E-state index is 12.8. The molecule has 3 rings (SSSR count). The average molecular weight is 457 g/mol. The highest BCUT2D eigenvalue weighted by molar-refractivity contribution is 9.10. The largest absolute Gasteiger partial charge is 0.463 e. The van der Waals surface area contributed by atoms with Crippen molar-refractivity contribution in [2.75, 3.05) is 18.1 Å². The lowest BCUT2D eigenvalue weighted by atomic mass is 9.94. The van der Waals surface area contributed by atoms with Crippen LogP contribution < -0.4 is 5.32 Å². The van der Waals surface area contributed by atoms with Crippen molar-refractivity contribution in [1.29, 1.82) is 0 Å². The molecule has 0 unspecified atom stereocenters. The number of rotatable bonds is 4. The van der Waals surface area contributed by atoms with Crippen molar-refractivity contribution in [2.45, 2.75) is 32.4 Å². The van der Waals surface area contributed by atoms with Gasteiger partial charge in [-0.3, -0.25) is 4.90 Å². The van der Waals surface area contributed by atoms with Crippen molar-refractivity contribution in [2.24, 2.45) is 0 Å².